The van der Waals surface area contributed by atoms with Crippen molar-refractivity contribution < 1.29 is 18.0 Å². The molecule has 126 valence electrons. The first kappa shape index (κ1) is 19.8. The average Bonchev–Trinajstić information content (AvgIpc) is 2.82. The Labute approximate surface area is 149 Å². The molecule has 0 aliphatic rings. The van der Waals surface area contributed by atoms with Gasteiger partial charge in [-0.05, 0) is 51.1 Å². The van der Waals surface area contributed by atoms with E-state index in [-0.39, 0.29) is 30.2 Å². The van der Waals surface area contributed by atoms with Crippen LogP contribution in [0.15, 0.2) is 33.4 Å². The van der Waals surface area contributed by atoms with Crippen LogP contribution in [0.4, 0.5) is 18.9 Å². The highest BCUT2D eigenvalue weighted by Crippen LogP contribution is 2.31. The third kappa shape index (κ3) is 4.86. The van der Waals surface area contributed by atoms with Gasteiger partial charge in [-0.25, -0.2) is 0 Å². The molecule has 0 bridgehead atoms. The molecule has 23 heavy (non-hydrogen) atoms. The summed E-state index contributed by atoms with van der Waals surface area (Å²) in [7, 11) is 1.52. The number of nitrogens with zero attached hydrogens (tertiary/aromatic N) is 1. The van der Waals surface area contributed by atoms with Gasteiger partial charge in [0.05, 0.1) is 14.9 Å². The number of benzene rings is 1. The smallest absolute Gasteiger partial charge is 0.398 e. The maximum absolute atomic E-state index is 12.7. The Morgan fingerprint density at radius 2 is 2.00 bits per heavy atom. The van der Waals surface area contributed by atoms with Gasteiger partial charge in [0, 0.05) is 19.3 Å². The van der Waals surface area contributed by atoms with Crippen molar-refractivity contribution in [2.24, 2.45) is 0 Å². The molecule has 1 heterocycles. The summed E-state index contributed by atoms with van der Waals surface area (Å²) in [4.78, 5) is 13.7. The molecule has 1 aromatic heterocycles. The first-order chi connectivity index (χ1) is 10.2. The Kier molecular flexibility index (Phi) is 6.49. The van der Waals surface area contributed by atoms with Crippen molar-refractivity contribution in [2.75, 3.05) is 12.8 Å². The topological polar surface area (TPSA) is 46.3 Å². The molecule has 0 aliphatic carbocycles. The number of halogens is 5. The number of nitrogens with two attached hydrogens (primary N) is 1. The maximum Gasteiger partial charge on any atom is 0.416 e. The lowest BCUT2D eigenvalue weighted by Crippen LogP contribution is -2.27. The summed E-state index contributed by atoms with van der Waals surface area (Å²) in [5.41, 5.74) is 5.52. The molecule has 2 N–H and O–H groups in total. The molecule has 1 amide bonds. The van der Waals surface area contributed by atoms with Crippen molar-refractivity contribution in [3.63, 3.8) is 0 Å². The lowest BCUT2D eigenvalue weighted by Gasteiger charge is -2.18. The third-order valence-corrected chi connectivity index (χ3v) is 4.55. The van der Waals surface area contributed by atoms with Crippen LogP contribution in [-0.4, -0.2) is 17.9 Å². The van der Waals surface area contributed by atoms with E-state index in [0.717, 1.165) is 27.5 Å². The largest absolute Gasteiger partial charge is 0.416 e. The van der Waals surface area contributed by atoms with Crippen molar-refractivity contribution in [3.8, 4) is 0 Å². The Balaban J connectivity index is 0.00000264. The predicted octanol–water partition coefficient (Wildman–Crippen LogP) is 4.81. The second kappa shape index (κ2) is 7.55. The molecule has 0 aliphatic heterocycles. The average molecular weight is 430 g/mol. The highest BCUT2D eigenvalue weighted by atomic mass is 79.9. The van der Waals surface area contributed by atoms with Gasteiger partial charge in [-0.1, -0.05) is 0 Å². The zero-order valence-corrected chi connectivity index (χ0v) is 15.1. The maximum atomic E-state index is 12.7. The molecular formula is C14H13BrClF3N2OS. The van der Waals surface area contributed by atoms with E-state index in [2.05, 4.69) is 15.9 Å². The van der Waals surface area contributed by atoms with Crippen LogP contribution in [0.1, 0.15) is 21.5 Å². The molecule has 0 saturated carbocycles. The van der Waals surface area contributed by atoms with Crippen LogP contribution in [0.5, 0.6) is 0 Å². The van der Waals surface area contributed by atoms with Gasteiger partial charge >= 0.3 is 6.18 Å². The zero-order chi connectivity index (χ0) is 16.5. The quantitative estimate of drug-likeness (QED) is 0.712. The Morgan fingerprint density at radius 3 is 2.52 bits per heavy atom. The molecule has 0 saturated heterocycles. The lowest BCUT2D eigenvalue weighted by molar-refractivity contribution is -0.137. The summed E-state index contributed by atoms with van der Waals surface area (Å²) in [5.74, 6) is -0.550. The van der Waals surface area contributed by atoms with E-state index in [0.29, 0.717) is 0 Å². The van der Waals surface area contributed by atoms with E-state index in [4.69, 9.17) is 5.73 Å². The number of hydrogen-bond donors (Lipinski definition) is 1. The van der Waals surface area contributed by atoms with Crippen molar-refractivity contribution in [2.45, 2.75) is 12.7 Å². The number of carbonyl (C=O) groups excluding carboxylic acids is 1. The molecule has 3 nitrogen and oxygen atoms in total. The highest BCUT2D eigenvalue weighted by molar-refractivity contribution is 9.11. The zero-order valence-electron chi connectivity index (χ0n) is 11.9. The van der Waals surface area contributed by atoms with Crippen molar-refractivity contribution in [1.82, 2.24) is 4.90 Å². The first-order valence-electron chi connectivity index (χ1n) is 6.13. The van der Waals surface area contributed by atoms with Gasteiger partial charge in [-0.3, -0.25) is 4.79 Å². The van der Waals surface area contributed by atoms with E-state index in [9.17, 15) is 18.0 Å². The molecular weight excluding hydrogens is 417 g/mol. The number of rotatable bonds is 3. The third-order valence-electron chi connectivity index (χ3n) is 3.00. The molecule has 0 unspecified atom stereocenters. The van der Waals surface area contributed by atoms with Crippen LogP contribution >= 0.6 is 39.7 Å². The normalized spacial score (nSPS) is 11.0. The van der Waals surface area contributed by atoms with E-state index in [1.54, 1.807) is 0 Å². The summed E-state index contributed by atoms with van der Waals surface area (Å²) in [6.45, 7) is 0.288. The van der Waals surface area contributed by atoms with E-state index in [1.165, 1.54) is 23.3 Å². The number of nitrogen functional groups attached to an aromatic ring is 1. The lowest BCUT2D eigenvalue weighted by atomic mass is 10.1. The Bertz CT molecular complexity index is 706. The number of anilines is 1. The summed E-state index contributed by atoms with van der Waals surface area (Å²) < 4.78 is 39.2. The van der Waals surface area contributed by atoms with Crippen LogP contribution in [0.3, 0.4) is 0 Å². The summed E-state index contributed by atoms with van der Waals surface area (Å²) in [6, 6.07) is 4.61. The summed E-state index contributed by atoms with van der Waals surface area (Å²) in [6.07, 6.45) is -4.51. The molecule has 0 radical (unpaired) electrons. The van der Waals surface area contributed by atoms with Gasteiger partial charge in [0.15, 0.2) is 0 Å². The van der Waals surface area contributed by atoms with Gasteiger partial charge in [-0.2, -0.15) is 13.2 Å². The number of hydrogen-bond acceptors (Lipinski definition) is 3. The molecule has 0 spiro atoms. The Hall–Kier alpha value is -1.25. The molecule has 0 atom stereocenters. The molecule has 1 aromatic carbocycles. The van der Waals surface area contributed by atoms with Gasteiger partial charge in [0.2, 0.25) is 0 Å². The van der Waals surface area contributed by atoms with E-state index >= 15 is 0 Å². The van der Waals surface area contributed by atoms with Crippen molar-refractivity contribution in [1.29, 1.82) is 0 Å². The van der Waals surface area contributed by atoms with Crippen LogP contribution < -0.4 is 5.73 Å². The second-order valence-electron chi connectivity index (χ2n) is 4.72. The van der Waals surface area contributed by atoms with Crippen LogP contribution in [0, 0.1) is 0 Å². The second-order valence-corrected chi connectivity index (χ2v) is 7.01. The highest BCUT2D eigenvalue weighted by Gasteiger charge is 2.32. The fourth-order valence-electron chi connectivity index (χ4n) is 1.90. The SMILES string of the molecule is CN(Cc1csc(Br)c1)C(=O)c1cc(C(F)(F)F)ccc1N.Cl. The van der Waals surface area contributed by atoms with Crippen molar-refractivity contribution >= 4 is 51.3 Å². The van der Waals surface area contributed by atoms with Gasteiger partial charge in [0.1, 0.15) is 0 Å². The summed E-state index contributed by atoms with van der Waals surface area (Å²) >= 11 is 4.79. The minimum Gasteiger partial charge on any atom is -0.398 e. The van der Waals surface area contributed by atoms with Crippen LogP contribution in [0.25, 0.3) is 0 Å². The van der Waals surface area contributed by atoms with Crippen LogP contribution in [-0.2, 0) is 12.7 Å². The monoisotopic (exact) mass is 428 g/mol. The van der Waals surface area contributed by atoms with Gasteiger partial charge < -0.3 is 10.6 Å². The van der Waals surface area contributed by atoms with E-state index in [1.807, 2.05) is 11.4 Å². The minimum absolute atomic E-state index is 0. The van der Waals surface area contributed by atoms with Gasteiger partial charge in [-0.15, -0.1) is 23.7 Å². The van der Waals surface area contributed by atoms with Crippen molar-refractivity contribution in [3.05, 3.63) is 50.1 Å². The number of amides is 1. The molecule has 9 heteroatoms. The van der Waals surface area contributed by atoms with Gasteiger partial charge in [0.25, 0.3) is 5.91 Å². The fourth-order valence-corrected chi connectivity index (χ4v) is 3.10. The number of carbonyl (C=O) groups is 1. The Morgan fingerprint density at radius 1 is 1.35 bits per heavy atom. The predicted molar refractivity (Wildman–Crippen MR) is 90.9 cm³/mol. The van der Waals surface area contributed by atoms with Crippen LogP contribution in [0.2, 0.25) is 0 Å². The standard InChI is InChI=1S/C14H12BrF3N2OS.ClH/c1-20(6-8-4-12(15)22-7-8)13(21)10-5-9(14(16,17)18)2-3-11(10)19;/h2-5,7H,6,19H2,1H3;1H. The number of thiophene rings is 1. The molecule has 0 fully saturated rings. The molecule has 2 rings (SSSR count). The first-order valence-corrected chi connectivity index (χ1v) is 7.81. The minimum atomic E-state index is -4.51. The van der Waals surface area contributed by atoms with E-state index < -0.39 is 17.6 Å². The fraction of sp³-hybridized carbons (Fsp3) is 0.214. The molecule has 2 aromatic rings. The number of alkyl halides is 3. The summed E-state index contributed by atoms with van der Waals surface area (Å²) in [5, 5.41) is 1.86.